The molecule has 0 aliphatic carbocycles. The van der Waals surface area contributed by atoms with Crippen molar-refractivity contribution in [1.82, 2.24) is 0 Å². The van der Waals surface area contributed by atoms with Gasteiger partial charge in [-0.25, -0.2) is 4.79 Å². The Morgan fingerprint density at radius 2 is 1.79 bits per heavy atom. The van der Waals surface area contributed by atoms with Gasteiger partial charge in [-0.15, -0.1) is 0 Å². The van der Waals surface area contributed by atoms with Gasteiger partial charge in [0.2, 0.25) is 0 Å². The van der Waals surface area contributed by atoms with E-state index in [2.05, 4.69) is 6.07 Å². The van der Waals surface area contributed by atoms with E-state index in [-0.39, 0.29) is 22.9 Å². The molecule has 0 fully saturated rings. The van der Waals surface area contributed by atoms with Crippen LogP contribution in [0.5, 0.6) is 11.5 Å². The van der Waals surface area contributed by atoms with Crippen LogP contribution in [0, 0.1) is 21.4 Å². The highest BCUT2D eigenvalue weighted by Gasteiger charge is 2.14. The molecule has 0 aromatic heterocycles. The highest BCUT2D eigenvalue weighted by molar-refractivity contribution is 6.32. The summed E-state index contributed by atoms with van der Waals surface area (Å²) < 4.78 is 11.2. The molecule has 33 heavy (non-hydrogen) atoms. The molecule has 0 aliphatic rings. The van der Waals surface area contributed by atoms with Gasteiger partial charge in [0.1, 0.15) is 6.61 Å². The van der Waals surface area contributed by atoms with Crippen molar-refractivity contribution in [3.63, 3.8) is 0 Å². The molecular formula is C24H17ClN2O6. The largest absolute Gasteiger partial charge is 0.493 e. The number of carboxylic acid groups (broad SMARTS) is 1. The smallest absolute Gasteiger partial charge is 0.335 e. The first-order valence-electron chi connectivity index (χ1n) is 9.51. The average molecular weight is 465 g/mol. The quantitative estimate of drug-likeness (QED) is 0.199. The van der Waals surface area contributed by atoms with Crippen LogP contribution >= 0.6 is 11.6 Å². The topological polar surface area (TPSA) is 123 Å². The van der Waals surface area contributed by atoms with Crippen molar-refractivity contribution >= 4 is 34.9 Å². The molecule has 0 atom stereocenters. The minimum atomic E-state index is -1.05. The number of ether oxygens (including phenoxy) is 2. The van der Waals surface area contributed by atoms with E-state index in [0.29, 0.717) is 33.8 Å². The Hall–Kier alpha value is -4.35. The fourth-order valence-electron chi connectivity index (χ4n) is 2.97. The van der Waals surface area contributed by atoms with Crippen LogP contribution in [-0.2, 0) is 6.61 Å². The van der Waals surface area contributed by atoms with Crippen molar-refractivity contribution in [2.75, 3.05) is 7.11 Å². The second kappa shape index (κ2) is 10.3. The van der Waals surface area contributed by atoms with E-state index < -0.39 is 10.9 Å². The van der Waals surface area contributed by atoms with Gasteiger partial charge in [-0.05, 0) is 59.2 Å². The number of rotatable bonds is 8. The Kier molecular flexibility index (Phi) is 7.28. The number of carbonyl (C=O) groups is 1. The number of nitriles is 1. The van der Waals surface area contributed by atoms with Gasteiger partial charge in [-0.2, -0.15) is 5.26 Å². The van der Waals surface area contributed by atoms with Crippen LogP contribution in [0.2, 0.25) is 5.02 Å². The summed E-state index contributed by atoms with van der Waals surface area (Å²) in [6.45, 7) is 0.114. The summed E-state index contributed by atoms with van der Waals surface area (Å²) in [7, 11) is 1.45. The van der Waals surface area contributed by atoms with Gasteiger partial charge < -0.3 is 14.6 Å². The number of nitro benzene ring substituents is 1. The molecule has 9 heteroatoms. The Labute approximate surface area is 194 Å². The molecule has 0 aliphatic heterocycles. The molecule has 166 valence electrons. The van der Waals surface area contributed by atoms with Crippen molar-refractivity contribution in [3.8, 4) is 17.6 Å². The molecule has 0 spiro atoms. The molecule has 8 nitrogen and oxygen atoms in total. The first-order valence-corrected chi connectivity index (χ1v) is 9.89. The number of nitrogens with zero attached hydrogens (tertiary/aromatic N) is 2. The minimum Gasteiger partial charge on any atom is -0.493 e. The maximum Gasteiger partial charge on any atom is 0.335 e. The number of hydrogen-bond donors (Lipinski definition) is 1. The highest BCUT2D eigenvalue weighted by atomic mass is 35.5. The first kappa shape index (κ1) is 23.3. The van der Waals surface area contributed by atoms with Crippen molar-refractivity contribution in [2.45, 2.75) is 6.61 Å². The number of benzene rings is 3. The zero-order valence-electron chi connectivity index (χ0n) is 17.3. The lowest BCUT2D eigenvalue weighted by Gasteiger charge is -2.13. The molecule has 0 bridgehead atoms. The molecule has 1 N–H and O–H groups in total. The van der Waals surface area contributed by atoms with E-state index in [1.54, 1.807) is 42.5 Å². The van der Waals surface area contributed by atoms with Crippen LogP contribution in [0.3, 0.4) is 0 Å². The second-order valence-electron chi connectivity index (χ2n) is 6.80. The number of methoxy groups -OCH3 is 1. The van der Waals surface area contributed by atoms with Crippen molar-refractivity contribution in [3.05, 3.63) is 98.1 Å². The fraction of sp³-hybridized carbons (Fsp3) is 0.0833. The third kappa shape index (κ3) is 5.67. The third-order valence-corrected chi connectivity index (χ3v) is 4.94. The Balaban J connectivity index is 1.84. The predicted molar refractivity (Wildman–Crippen MR) is 122 cm³/mol. The van der Waals surface area contributed by atoms with Crippen molar-refractivity contribution in [1.29, 1.82) is 5.26 Å². The molecule has 3 aromatic rings. The normalized spacial score (nSPS) is 10.9. The number of non-ortho nitro benzene ring substituents is 1. The van der Waals surface area contributed by atoms with Crippen LogP contribution in [0.25, 0.3) is 11.6 Å². The van der Waals surface area contributed by atoms with Crippen LogP contribution in [0.4, 0.5) is 5.69 Å². The Morgan fingerprint density at radius 1 is 1.15 bits per heavy atom. The SMILES string of the molecule is COc1cc(/C=C(/C#N)c2ccc(C(=O)O)cc2)cc(Cl)c1OCc1ccc([N+](=O)[O-])cc1. The summed E-state index contributed by atoms with van der Waals surface area (Å²) in [5.74, 6) is -0.418. The van der Waals surface area contributed by atoms with Gasteiger partial charge in [0, 0.05) is 12.1 Å². The molecule has 0 unspecified atom stereocenters. The zero-order chi connectivity index (χ0) is 24.0. The molecule has 0 saturated heterocycles. The lowest BCUT2D eigenvalue weighted by molar-refractivity contribution is -0.384. The number of allylic oxidation sites excluding steroid dienone is 1. The maximum atomic E-state index is 11.0. The van der Waals surface area contributed by atoms with E-state index in [0.717, 1.165) is 0 Å². The van der Waals surface area contributed by atoms with Crippen LogP contribution in [0.1, 0.15) is 27.0 Å². The number of halogens is 1. The number of carboxylic acids is 1. The Morgan fingerprint density at radius 3 is 2.33 bits per heavy atom. The van der Waals surface area contributed by atoms with Crippen LogP contribution < -0.4 is 9.47 Å². The van der Waals surface area contributed by atoms with E-state index in [1.807, 2.05) is 0 Å². The average Bonchev–Trinajstić information content (AvgIpc) is 2.81. The van der Waals surface area contributed by atoms with Crippen molar-refractivity contribution in [2.24, 2.45) is 0 Å². The monoisotopic (exact) mass is 464 g/mol. The second-order valence-corrected chi connectivity index (χ2v) is 7.21. The maximum absolute atomic E-state index is 11.0. The summed E-state index contributed by atoms with van der Waals surface area (Å²) in [6.07, 6.45) is 1.60. The summed E-state index contributed by atoms with van der Waals surface area (Å²) in [5, 5.41) is 29.6. The van der Waals surface area contributed by atoms with Gasteiger partial charge >= 0.3 is 5.97 Å². The van der Waals surface area contributed by atoms with Gasteiger partial charge in [-0.3, -0.25) is 10.1 Å². The molecule has 0 saturated carbocycles. The predicted octanol–water partition coefficient (Wildman–Crippen LogP) is 5.60. The molecule has 0 radical (unpaired) electrons. The van der Waals surface area contributed by atoms with E-state index in [4.69, 9.17) is 26.2 Å². The summed E-state index contributed by atoms with van der Waals surface area (Å²) in [6, 6.07) is 17.3. The summed E-state index contributed by atoms with van der Waals surface area (Å²) in [4.78, 5) is 21.3. The lowest BCUT2D eigenvalue weighted by atomic mass is 10.0. The van der Waals surface area contributed by atoms with E-state index >= 15 is 0 Å². The van der Waals surface area contributed by atoms with Gasteiger partial charge in [0.15, 0.2) is 11.5 Å². The third-order valence-electron chi connectivity index (χ3n) is 4.66. The number of nitro groups is 1. The van der Waals surface area contributed by atoms with Crippen LogP contribution in [-0.4, -0.2) is 23.1 Å². The summed E-state index contributed by atoms with van der Waals surface area (Å²) >= 11 is 6.40. The fourth-order valence-corrected chi connectivity index (χ4v) is 3.25. The zero-order valence-corrected chi connectivity index (χ0v) is 18.1. The summed E-state index contributed by atoms with van der Waals surface area (Å²) in [5.41, 5.74) is 2.25. The minimum absolute atomic E-state index is 0.0172. The standard InChI is InChI=1S/C24H17ClN2O6/c1-32-22-12-16(10-19(13-26)17-4-6-18(7-5-17)24(28)29)11-21(25)23(22)33-14-15-2-8-20(9-3-15)27(30)31/h2-12H,14H2,1H3,(H,28,29)/b19-10-. The van der Waals surface area contributed by atoms with E-state index in [1.165, 1.54) is 31.4 Å². The highest BCUT2D eigenvalue weighted by Crippen LogP contribution is 2.38. The van der Waals surface area contributed by atoms with E-state index in [9.17, 15) is 20.2 Å². The Bertz CT molecular complexity index is 1260. The van der Waals surface area contributed by atoms with Crippen molar-refractivity contribution < 1.29 is 24.3 Å². The molecular weight excluding hydrogens is 448 g/mol. The first-order chi connectivity index (χ1) is 15.8. The number of hydrogen-bond acceptors (Lipinski definition) is 6. The van der Waals surface area contributed by atoms with Gasteiger partial charge in [0.05, 0.1) is 34.3 Å². The molecule has 0 heterocycles. The van der Waals surface area contributed by atoms with Crippen LogP contribution in [0.15, 0.2) is 60.7 Å². The van der Waals surface area contributed by atoms with Gasteiger partial charge in [0.25, 0.3) is 5.69 Å². The molecule has 0 amide bonds. The molecule has 3 aromatic carbocycles. The lowest BCUT2D eigenvalue weighted by Crippen LogP contribution is -1.99. The molecule has 3 rings (SSSR count). The van der Waals surface area contributed by atoms with Gasteiger partial charge in [-0.1, -0.05) is 23.7 Å². The number of aromatic carboxylic acids is 1.